The van der Waals surface area contributed by atoms with Gasteiger partial charge in [0.15, 0.2) is 11.5 Å². The summed E-state index contributed by atoms with van der Waals surface area (Å²) >= 11 is 0. The number of benzene rings is 1. The zero-order chi connectivity index (χ0) is 15.2. The van der Waals surface area contributed by atoms with Crippen molar-refractivity contribution in [2.24, 2.45) is 0 Å². The number of nitrogens with one attached hydrogen (secondary N) is 1. The summed E-state index contributed by atoms with van der Waals surface area (Å²) in [6, 6.07) is 5.46. The van der Waals surface area contributed by atoms with Gasteiger partial charge in [0.05, 0.1) is 7.11 Å². The van der Waals surface area contributed by atoms with Crippen molar-refractivity contribution in [3.05, 3.63) is 36.4 Å². The zero-order valence-corrected chi connectivity index (χ0v) is 13.8. The van der Waals surface area contributed by atoms with Gasteiger partial charge in [0, 0.05) is 31.2 Å². The van der Waals surface area contributed by atoms with E-state index in [1.807, 2.05) is 11.8 Å². The SMILES string of the molecule is C=CCOc1ccc(C(=O)N2CCNC[C@H]2C)cc1OC.Cl. The van der Waals surface area contributed by atoms with Crippen LogP contribution in [0, 0.1) is 0 Å². The van der Waals surface area contributed by atoms with Gasteiger partial charge in [0.1, 0.15) is 6.61 Å². The lowest BCUT2D eigenvalue weighted by molar-refractivity contribution is 0.0655. The van der Waals surface area contributed by atoms with Crippen LogP contribution in [0.4, 0.5) is 0 Å². The highest BCUT2D eigenvalue weighted by molar-refractivity contribution is 5.95. The fourth-order valence-corrected chi connectivity index (χ4v) is 2.38. The largest absolute Gasteiger partial charge is 0.493 e. The highest BCUT2D eigenvalue weighted by Crippen LogP contribution is 2.28. The number of hydrogen-bond acceptors (Lipinski definition) is 4. The molecule has 1 fully saturated rings. The van der Waals surface area contributed by atoms with E-state index in [0.29, 0.717) is 23.7 Å². The number of piperazine rings is 1. The van der Waals surface area contributed by atoms with E-state index < -0.39 is 0 Å². The average Bonchev–Trinajstić information content (AvgIpc) is 2.52. The van der Waals surface area contributed by atoms with Crippen molar-refractivity contribution < 1.29 is 14.3 Å². The molecule has 1 aliphatic rings. The summed E-state index contributed by atoms with van der Waals surface area (Å²) in [6.07, 6.45) is 1.67. The van der Waals surface area contributed by atoms with Crippen LogP contribution in [0.1, 0.15) is 17.3 Å². The molecule has 0 unspecified atom stereocenters. The van der Waals surface area contributed by atoms with Crippen molar-refractivity contribution in [2.75, 3.05) is 33.4 Å². The van der Waals surface area contributed by atoms with Gasteiger partial charge in [-0.1, -0.05) is 12.7 Å². The van der Waals surface area contributed by atoms with Crippen LogP contribution in [0.5, 0.6) is 11.5 Å². The molecule has 1 atom stereocenters. The number of methoxy groups -OCH3 is 1. The standard InChI is InChI=1S/C16H22N2O3.ClH/c1-4-9-21-14-6-5-13(10-15(14)20-3)16(19)18-8-7-17-11-12(18)2;/h4-6,10,12,17H,1,7-9,11H2,2-3H3;1H/t12-;/m1./s1. The first kappa shape index (κ1) is 18.3. The highest BCUT2D eigenvalue weighted by Gasteiger charge is 2.24. The maximum atomic E-state index is 12.6. The molecule has 5 nitrogen and oxygen atoms in total. The molecule has 6 heteroatoms. The molecule has 1 aromatic rings. The minimum absolute atomic E-state index is 0. The molecule has 2 rings (SSSR count). The molecular weight excluding hydrogens is 304 g/mol. The van der Waals surface area contributed by atoms with Gasteiger partial charge in [-0.2, -0.15) is 0 Å². The van der Waals surface area contributed by atoms with Gasteiger partial charge < -0.3 is 19.7 Å². The quantitative estimate of drug-likeness (QED) is 0.842. The Labute approximate surface area is 137 Å². The molecule has 1 saturated heterocycles. The number of carbonyl (C=O) groups excluding carboxylic acids is 1. The summed E-state index contributed by atoms with van der Waals surface area (Å²) in [6.45, 7) is 8.43. The molecule has 22 heavy (non-hydrogen) atoms. The monoisotopic (exact) mass is 326 g/mol. The van der Waals surface area contributed by atoms with Crippen LogP contribution in [-0.2, 0) is 0 Å². The fourth-order valence-electron chi connectivity index (χ4n) is 2.38. The van der Waals surface area contributed by atoms with E-state index in [0.717, 1.165) is 19.6 Å². The van der Waals surface area contributed by atoms with Crippen LogP contribution in [0.3, 0.4) is 0 Å². The second-order valence-electron chi connectivity index (χ2n) is 5.02. The maximum absolute atomic E-state index is 12.6. The van der Waals surface area contributed by atoms with Gasteiger partial charge >= 0.3 is 0 Å². The van der Waals surface area contributed by atoms with E-state index in [4.69, 9.17) is 9.47 Å². The third kappa shape index (κ3) is 4.15. The number of rotatable bonds is 5. The van der Waals surface area contributed by atoms with E-state index in [2.05, 4.69) is 11.9 Å². The van der Waals surface area contributed by atoms with Gasteiger partial charge in [-0.3, -0.25) is 4.79 Å². The van der Waals surface area contributed by atoms with Crippen molar-refractivity contribution in [1.82, 2.24) is 10.2 Å². The second kappa shape index (κ2) is 8.66. The van der Waals surface area contributed by atoms with Crippen molar-refractivity contribution in [1.29, 1.82) is 0 Å². The summed E-state index contributed by atoms with van der Waals surface area (Å²) in [5.74, 6) is 1.20. The van der Waals surface area contributed by atoms with Crippen LogP contribution in [-0.4, -0.2) is 50.2 Å². The Morgan fingerprint density at radius 2 is 2.27 bits per heavy atom. The molecule has 1 aromatic carbocycles. The molecule has 122 valence electrons. The number of amides is 1. The summed E-state index contributed by atoms with van der Waals surface area (Å²) in [5.41, 5.74) is 0.617. The first-order valence-electron chi connectivity index (χ1n) is 7.10. The molecule has 0 aromatic heterocycles. The van der Waals surface area contributed by atoms with Crippen LogP contribution >= 0.6 is 12.4 Å². The Morgan fingerprint density at radius 1 is 1.50 bits per heavy atom. The molecule has 0 aliphatic carbocycles. The summed E-state index contributed by atoms with van der Waals surface area (Å²) in [7, 11) is 1.57. The Hall–Kier alpha value is -1.72. The maximum Gasteiger partial charge on any atom is 0.254 e. The smallest absolute Gasteiger partial charge is 0.254 e. The first-order chi connectivity index (χ1) is 10.2. The Balaban J connectivity index is 0.00000242. The zero-order valence-electron chi connectivity index (χ0n) is 13.0. The Kier molecular flexibility index (Phi) is 7.21. The van der Waals surface area contributed by atoms with Crippen LogP contribution in [0.25, 0.3) is 0 Å². The lowest BCUT2D eigenvalue weighted by atomic mass is 10.1. The third-order valence-electron chi connectivity index (χ3n) is 3.53. The third-order valence-corrected chi connectivity index (χ3v) is 3.53. The number of halogens is 1. The van der Waals surface area contributed by atoms with Crippen molar-refractivity contribution >= 4 is 18.3 Å². The lowest BCUT2D eigenvalue weighted by Gasteiger charge is -2.34. The molecule has 0 spiro atoms. The van der Waals surface area contributed by atoms with Gasteiger partial charge in [-0.25, -0.2) is 0 Å². The average molecular weight is 327 g/mol. The topological polar surface area (TPSA) is 50.8 Å². The lowest BCUT2D eigenvalue weighted by Crippen LogP contribution is -2.52. The number of ether oxygens (including phenoxy) is 2. The molecule has 1 amide bonds. The van der Waals surface area contributed by atoms with Gasteiger partial charge in [-0.15, -0.1) is 12.4 Å². The van der Waals surface area contributed by atoms with Crippen LogP contribution < -0.4 is 14.8 Å². The van der Waals surface area contributed by atoms with Crippen molar-refractivity contribution in [2.45, 2.75) is 13.0 Å². The van der Waals surface area contributed by atoms with Crippen molar-refractivity contribution in [3.8, 4) is 11.5 Å². The first-order valence-corrected chi connectivity index (χ1v) is 7.10. The van der Waals surface area contributed by atoms with Gasteiger partial charge in [0.2, 0.25) is 0 Å². The second-order valence-corrected chi connectivity index (χ2v) is 5.02. The summed E-state index contributed by atoms with van der Waals surface area (Å²) in [4.78, 5) is 14.5. The number of nitrogens with zero attached hydrogens (tertiary/aromatic N) is 1. The van der Waals surface area contributed by atoms with E-state index in [-0.39, 0.29) is 24.4 Å². The predicted octanol–water partition coefficient (Wildman–Crippen LogP) is 2.12. The highest BCUT2D eigenvalue weighted by atomic mass is 35.5. The predicted molar refractivity (Wildman–Crippen MR) is 89.3 cm³/mol. The van der Waals surface area contributed by atoms with Crippen LogP contribution in [0.2, 0.25) is 0 Å². The molecular formula is C16H23ClN2O3. The summed E-state index contributed by atoms with van der Waals surface area (Å²) < 4.78 is 10.8. The molecule has 1 N–H and O–H groups in total. The normalized spacial score (nSPS) is 17.4. The minimum atomic E-state index is 0. The number of hydrogen-bond donors (Lipinski definition) is 1. The molecule has 1 aliphatic heterocycles. The Bertz CT molecular complexity index is 522. The van der Waals surface area contributed by atoms with E-state index in [1.165, 1.54) is 0 Å². The molecule has 0 radical (unpaired) electrons. The molecule has 1 heterocycles. The minimum Gasteiger partial charge on any atom is -0.493 e. The molecule has 0 bridgehead atoms. The fraction of sp³-hybridized carbons (Fsp3) is 0.438. The van der Waals surface area contributed by atoms with E-state index in [9.17, 15) is 4.79 Å². The van der Waals surface area contributed by atoms with E-state index >= 15 is 0 Å². The van der Waals surface area contributed by atoms with Gasteiger partial charge in [0.25, 0.3) is 5.91 Å². The van der Waals surface area contributed by atoms with E-state index in [1.54, 1.807) is 31.4 Å². The molecule has 0 saturated carbocycles. The number of carbonyl (C=O) groups is 1. The van der Waals surface area contributed by atoms with Crippen LogP contribution in [0.15, 0.2) is 30.9 Å². The van der Waals surface area contributed by atoms with Gasteiger partial charge in [-0.05, 0) is 25.1 Å². The Morgan fingerprint density at radius 3 is 2.91 bits per heavy atom. The summed E-state index contributed by atoms with van der Waals surface area (Å²) in [5, 5.41) is 3.28. The van der Waals surface area contributed by atoms with Crippen molar-refractivity contribution in [3.63, 3.8) is 0 Å².